The van der Waals surface area contributed by atoms with Crippen molar-refractivity contribution >= 4 is 0 Å². The van der Waals surface area contributed by atoms with Crippen LogP contribution in [0.3, 0.4) is 0 Å². The molecule has 3 heteroatoms. The van der Waals surface area contributed by atoms with Crippen molar-refractivity contribution in [2.24, 2.45) is 17.6 Å². The van der Waals surface area contributed by atoms with Gasteiger partial charge in [0.05, 0.1) is 12.7 Å². The fourth-order valence-corrected chi connectivity index (χ4v) is 1.87. The smallest absolute Gasteiger partial charge is 0.0958 e. The summed E-state index contributed by atoms with van der Waals surface area (Å²) in [5.74, 6) is 0.936. The summed E-state index contributed by atoms with van der Waals surface area (Å²) >= 11 is 0. The number of aliphatic hydroxyl groups excluding tert-OH is 1. The molecule has 0 aromatic heterocycles. The number of nitrogens with two attached hydrogens (primary N) is 1. The molecule has 0 saturated carbocycles. The van der Waals surface area contributed by atoms with Crippen LogP contribution in [0.1, 0.15) is 53.4 Å². The van der Waals surface area contributed by atoms with Gasteiger partial charge in [-0.15, -0.1) is 0 Å². The van der Waals surface area contributed by atoms with Gasteiger partial charge in [0, 0.05) is 12.6 Å². The number of hydrogen-bond acceptors (Lipinski definition) is 3. The highest BCUT2D eigenvalue weighted by Crippen LogP contribution is 2.15. The predicted molar refractivity (Wildman–Crippen MR) is 72.9 cm³/mol. The molecule has 0 radical (unpaired) electrons. The van der Waals surface area contributed by atoms with Gasteiger partial charge in [-0.05, 0) is 18.3 Å². The summed E-state index contributed by atoms with van der Waals surface area (Å²) in [6, 6.07) is -0.0799. The number of ether oxygens (including phenoxy) is 1. The lowest BCUT2D eigenvalue weighted by molar-refractivity contribution is -0.0279. The zero-order valence-corrected chi connectivity index (χ0v) is 12.0. The maximum Gasteiger partial charge on any atom is 0.0958 e. The van der Waals surface area contributed by atoms with E-state index in [4.69, 9.17) is 10.5 Å². The minimum Gasteiger partial charge on any atom is -0.394 e. The minimum atomic E-state index is -0.217. The molecule has 0 aliphatic rings. The minimum absolute atomic E-state index is 0.0174. The molecule has 0 aliphatic carbocycles. The molecule has 0 aliphatic heterocycles. The molecule has 0 amide bonds. The summed E-state index contributed by atoms with van der Waals surface area (Å²) in [6.07, 6.45) is 4.61. The maximum atomic E-state index is 9.30. The van der Waals surface area contributed by atoms with Crippen molar-refractivity contribution < 1.29 is 9.84 Å². The van der Waals surface area contributed by atoms with E-state index < -0.39 is 0 Å². The van der Waals surface area contributed by atoms with E-state index in [0.717, 1.165) is 13.0 Å². The quantitative estimate of drug-likeness (QED) is 0.622. The number of hydrogen-bond donors (Lipinski definition) is 2. The van der Waals surface area contributed by atoms with Gasteiger partial charge in [-0.3, -0.25) is 0 Å². The van der Waals surface area contributed by atoms with Gasteiger partial charge in [0.1, 0.15) is 0 Å². The van der Waals surface area contributed by atoms with Crippen molar-refractivity contribution in [2.45, 2.75) is 65.5 Å². The summed E-state index contributed by atoms with van der Waals surface area (Å²) in [4.78, 5) is 0. The molecule has 0 bridgehead atoms. The Morgan fingerprint density at radius 1 is 1.24 bits per heavy atom. The Morgan fingerprint density at radius 2 is 1.88 bits per heavy atom. The van der Waals surface area contributed by atoms with Gasteiger partial charge in [-0.2, -0.15) is 0 Å². The van der Waals surface area contributed by atoms with Gasteiger partial charge >= 0.3 is 0 Å². The zero-order chi connectivity index (χ0) is 13.3. The Bertz CT molecular complexity index is 174. The lowest BCUT2D eigenvalue weighted by atomic mass is 9.98. The molecule has 3 N–H and O–H groups in total. The molecule has 17 heavy (non-hydrogen) atoms. The third kappa shape index (κ3) is 7.02. The SMILES string of the molecule is CCCCC(CC)COC(CO)C(N)C(C)C. The fraction of sp³-hybridized carbons (Fsp3) is 1.00. The first-order valence-electron chi connectivity index (χ1n) is 7.04. The average Bonchev–Trinajstić information content (AvgIpc) is 2.33. The van der Waals surface area contributed by atoms with Crippen LogP contribution < -0.4 is 5.73 Å². The first-order valence-corrected chi connectivity index (χ1v) is 7.04. The van der Waals surface area contributed by atoms with Crippen LogP contribution in [0.2, 0.25) is 0 Å². The van der Waals surface area contributed by atoms with Crippen molar-refractivity contribution in [3.05, 3.63) is 0 Å². The maximum absolute atomic E-state index is 9.30. The van der Waals surface area contributed by atoms with Gasteiger partial charge < -0.3 is 15.6 Å². The molecule has 104 valence electrons. The first-order chi connectivity index (χ1) is 8.06. The molecule has 0 saturated heterocycles. The second-order valence-electron chi connectivity index (χ2n) is 5.29. The molecular weight excluding hydrogens is 214 g/mol. The highest BCUT2D eigenvalue weighted by Gasteiger charge is 2.21. The highest BCUT2D eigenvalue weighted by molar-refractivity contribution is 4.76. The van der Waals surface area contributed by atoms with E-state index in [2.05, 4.69) is 27.7 Å². The second kappa shape index (κ2) is 9.86. The molecule has 0 heterocycles. The molecule has 3 nitrogen and oxygen atoms in total. The molecule has 3 atom stereocenters. The van der Waals surface area contributed by atoms with Crippen molar-refractivity contribution in [3.63, 3.8) is 0 Å². The van der Waals surface area contributed by atoms with Crippen LogP contribution in [0.4, 0.5) is 0 Å². The van der Waals surface area contributed by atoms with Crippen molar-refractivity contribution in [2.75, 3.05) is 13.2 Å². The van der Waals surface area contributed by atoms with Crippen molar-refractivity contribution in [1.29, 1.82) is 0 Å². The second-order valence-corrected chi connectivity index (χ2v) is 5.29. The Kier molecular flexibility index (Phi) is 9.79. The molecular formula is C14H31NO2. The number of rotatable bonds is 10. The Hall–Kier alpha value is -0.120. The summed E-state index contributed by atoms with van der Waals surface area (Å²) in [7, 11) is 0. The van der Waals surface area contributed by atoms with E-state index in [1.165, 1.54) is 19.3 Å². The van der Waals surface area contributed by atoms with Crippen LogP contribution >= 0.6 is 0 Å². The summed E-state index contributed by atoms with van der Waals surface area (Å²) in [6.45, 7) is 9.26. The van der Waals surface area contributed by atoms with Gasteiger partial charge in [-0.25, -0.2) is 0 Å². The van der Waals surface area contributed by atoms with Gasteiger partial charge in [-0.1, -0.05) is 47.0 Å². The average molecular weight is 245 g/mol. The van der Waals surface area contributed by atoms with Crippen LogP contribution in [-0.2, 0) is 4.74 Å². The van der Waals surface area contributed by atoms with Crippen molar-refractivity contribution in [3.8, 4) is 0 Å². The summed E-state index contributed by atoms with van der Waals surface area (Å²) < 4.78 is 5.79. The molecule has 3 unspecified atom stereocenters. The largest absolute Gasteiger partial charge is 0.394 e. The van der Waals surface area contributed by atoms with E-state index in [-0.39, 0.29) is 18.8 Å². The topological polar surface area (TPSA) is 55.5 Å². The Labute approximate surface area is 107 Å². The highest BCUT2D eigenvalue weighted by atomic mass is 16.5. The van der Waals surface area contributed by atoms with E-state index in [1.54, 1.807) is 0 Å². The molecule has 0 fully saturated rings. The summed E-state index contributed by atoms with van der Waals surface area (Å²) in [5, 5.41) is 9.30. The number of unbranched alkanes of at least 4 members (excludes halogenated alkanes) is 1. The Balaban J connectivity index is 4.02. The predicted octanol–water partition coefficient (Wildman–Crippen LogP) is 2.56. The standard InChI is InChI=1S/C14H31NO2/c1-5-7-8-12(6-2)10-17-13(9-16)14(15)11(3)4/h11-14,16H,5-10,15H2,1-4H3. The third-order valence-electron chi connectivity index (χ3n) is 3.47. The number of aliphatic hydroxyl groups is 1. The van der Waals surface area contributed by atoms with Crippen molar-refractivity contribution in [1.82, 2.24) is 0 Å². The molecule has 0 aromatic rings. The van der Waals surface area contributed by atoms with E-state index in [0.29, 0.717) is 11.8 Å². The van der Waals surface area contributed by atoms with Crippen LogP contribution in [-0.4, -0.2) is 30.5 Å². The van der Waals surface area contributed by atoms with Gasteiger partial charge in [0.2, 0.25) is 0 Å². The van der Waals surface area contributed by atoms with Gasteiger partial charge in [0.25, 0.3) is 0 Å². The normalized spacial score (nSPS) is 17.1. The third-order valence-corrected chi connectivity index (χ3v) is 3.47. The molecule has 0 spiro atoms. The molecule has 0 aromatic carbocycles. The van der Waals surface area contributed by atoms with Gasteiger partial charge in [0.15, 0.2) is 0 Å². The van der Waals surface area contributed by atoms with E-state index >= 15 is 0 Å². The van der Waals surface area contributed by atoms with E-state index in [1.807, 2.05) is 0 Å². The van der Waals surface area contributed by atoms with Crippen LogP contribution in [0, 0.1) is 11.8 Å². The van der Waals surface area contributed by atoms with Crippen LogP contribution in [0.15, 0.2) is 0 Å². The lowest BCUT2D eigenvalue weighted by Crippen LogP contribution is -2.43. The van der Waals surface area contributed by atoms with Crippen LogP contribution in [0.5, 0.6) is 0 Å². The van der Waals surface area contributed by atoms with Crippen LogP contribution in [0.25, 0.3) is 0 Å². The first kappa shape index (κ1) is 16.9. The monoisotopic (exact) mass is 245 g/mol. The lowest BCUT2D eigenvalue weighted by Gasteiger charge is -2.27. The summed E-state index contributed by atoms with van der Waals surface area (Å²) in [5.41, 5.74) is 6.01. The fourth-order valence-electron chi connectivity index (χ4n) is 1.87. The van der Waals surface area contributed by atoms with E-state index in [9.17, 15) is 5.11 Å². The zero-order valence-electron chi connectivity index (χ0n) is 12.0. The molecule has 0 rings (SSSR count). The Morgan fingerprint density at radius 3 is 2.29 bits per heavy atom.